The normalized spacial score (nSPS) is 12.2. The third kappa shape index (κ3) is 4.00. The van der Waals surface area contributed by atoms with Gasteiger partial charge in [-0.1, -0.05) is 12.1 Å². The molecule has 1 aromatic carbocycles. The fourth-order valence-corrected chi connectivity index (χ4v) is 1.38. The van der Waals surface area contributed by atoms with E-state index in [2.05, 4.69) is 5.32 Å². The van der Waals surface area contributed by atoms with Gasteiger partial charge in [-0.3, -0.25) is 4.79 Å². The van der Waals surface area contributed by atoms with Gasteiger partial charge in [0.25, 0.3) is 5.91 Å². The van der Waals surface area contributed by atoms with Gasteiger partial charge in [-0.2, -0.15) is 0 Å². The number of nitrogens with two attached hydrogens (primary N) is 1. The van der Waals surface area contributed by atoms with Crippen molar-refractivity contribution in [3.63, 3.8) is 0 Å². The van der Waals surface area contributed by atoms with Crippen LogP contribution in [0.1, 0.15) is 22.8 Å². The van der Waals surface area contributed by atoms with Crippen LogP contribution in [0.2, 0.25) is 0 Å². The first kappa shape index (κ1) is 12.7. The highest BCUT2D eigenvalue weighted by atomic mass is 16.3. The zero-order valence-electron chi connectivity index (χ0n) is 9.44. The van der Waals surface area contributed by atoms with Crippen LogP contribution in [-0.2, 0) is 6.42 Å². The Labute approximate surface area is 95.5 Å². The van der Waals surface area contributed by atoms with Crippen LogP contribution in [-0.4, -0.2) is 30.2 Å². The van der Waals surface area contributed by atoms with Crippen molar-refractivity contribution in [2.45, 2.75) is 19.4 Å². The van der Waals surface area contributed by atoms with Crippen LogP contribution in [0.25, 0.3) is 0 Å². The average molecular weight is 222 g/mol. The largest absolute Gasteiger partial charge is 0.392 e. The van der Waals surface area contributed by atoms with E-state index in [0.29, 0.717) is 12.1 Å². The lowest BCUT2D eigenvalue weighted by molar-refractivity contribution is 0.0924. The lowest BCUT2D eigenvalue weighted by atomic mass is 10.1. The first-order valence-electron chi connectivity index (χ1n) is 5.38. The number of hydrogen-bond donors (Lipinski definition) is 3. The van der Waals surface area contributed by atoms with Crippen LogP contribution in [0, 0.1) is 0 Å². The molecule has 0 heterocycles. The summed E-state index contributed by atoms with van der Waals surface area (Å²) in [5, 5.41) is 11.7. The van der Waals surface area contributed by atoms with Gasteiger partial charge in [0.15, 0.2) is 0 Å². The zero-order chi connectivity index (χ0) is 12.0. The Morgan fingerprint density at radius 1 is 1.56 bits per heavy atom. The molecule has 0 aliphatic rings. The van der Waals surface area contributed by atoms with Crippen LogP contribution in [0.5, 0.6) is 0 Å². The van der Waals surface area contributed by atoms with Gasteiger partial charge in [0.05, 0.1) is 6.10 Å². The number of aliphatic hydroxyl groups excluding tert-OH is 1. The highest BCUT2D eigenvalue weighted by molar-refractivity contribution is 5.94. The molecule has 1 atom stereocenters. The van der Waals surface area contributed by atoms with E-state index in [-0.39, 0.29) is 12.5 Å². The Morgan fingerprint density at radius 3 is 2.94 bits per heavy atom. The van der Waals surface area contributed by atoms with E-state index in [1.807, 2.05) is 18.2 Å². The van der Waals surface area contributed by atoms with E-state index < -0.39 is 6.10 Å². The number of nitrogens with one attached hydrogen (secondary N) is 1. The van der Waals surface area contributed by atoms with Crippen LogP contribution in [0.15, 0.2) is 24.3 Å². The first-order chi connectivity index (χ1) is 7.63. The minimum Gasteiger partial charge on any atom is -0.392 e. The van der Waals surface area contributed by atoms with Crippen molar-refractivity contribution in [2.75, 3.05) is 13.1 Å². The van der Waals surface area contributed by atoms with Crippen molar-refractivity contribution in [2.24, 2.45) is 5.73 Å². The summed E-state index contributed by atoms with van der Waals surface area (Å²) in [4.78, 5) is 11.7. The predicted octanol–water partition coefficient (Wildman–Crippen LogP) is 0.298. The summed E-state index contributed by atoms with van der Waals surface area (Å²) in [7, 11) is 0. The minimum absolute atomic E-state index is 0.167. The van der Waals surface area contributed by atoms with Gasteiger partial charge in [0.2, 0.25) is 0 Å². The second kappa shape index (κ2) is 6.25. The molecule has 4 heteroatoms. The minimum atomic E-state index is -0.531. The van der Waals surface area contributed by atoms with Gasteiger partial charge >= 0.3 is 0 Å². The van der Waals surface area contributed by atoms with E-state index in [1.165, 1.54) is 0 Å². The summed E-state index contributed by atoms with van der Waals surface area (Å²) in [5.74, 6) is -0.167. The van der Waals surface area contributed by atoms with Crippen molar-refractivity contribution >= 4 is 5.91 Å². The van der Waals surface area contributed by atoms with Gasteiger partial charge in [-0.05, 0) is 37.6 Å². The highest BCUT2D eigenvalue weighted by Gasteiger charge is 2.06. The lowest BCUT2D eigenvalue weighted by Gasteiger charge is -2.08. The smallest absolute Gasteiger partial charge is 0.251 e. The standard InChI is InChI=1S/C12H18N2O2/c1-9(15)8-14-12(16)11-4-2-3-10(7-11)5-6-13/h2-4,7,9,15H,5-6,8,13H2,1H3,(H,14,16)/t9-/m1/s1. The molecular formula is C12H18N2O2. The molecule has 0 aliphatic heterocycles. The third-order valence-electron chi connectivity index (χ3n) is 2.18. The SMILES string of the molecule is C[C@@H](O)CNC(=O)c1cccc(CCN)c1. The first-order valence-corrected chi connectivity index (χ1v) is 5.38. The predicted molar refractivity (Wildman–Crippen MR) is 63.2 cm³/mol. The molecule has 88 valence electrons. The summed E-state index contributed by atoms with van der Waals surface area (Å²) in [6.07, 6.45) is 0.230. The summed E-state index contributed by atoms with van der Waals surface area (Å²) >= 11 is 0. The summed E-state index contributed by atoms with van der Waals surface area (Å²) in [6.45, 7) is 2.46. The summed E-state index contributed by atoms with van der Waals surface area (Å²) < 4.78 is 0. The lowest BCUT2D eigenvalue weighted by Crippen LogP contribution is -2.30. The number of carbonyl (C=O) groups excluding carboxylic acids is 1. The molecule has 0 unspecified atom stereocenters. The Hall–Kier alpha value is -1.39. The Bertz CT molecular complexity index is 351. The van der Waals surface area contributed by atoms with Crippen molar-refractivity contribution < 1.29 is 9.90 Å². The van der Waals surface area contributed by atoms with E-state index in [9.17, 15) is 4.79 Å². The molecule has 0 aliphatic carbocycles. The van der Waals surface area contributed by atoms with Crippen molar-refractivity contribution in [1.82, 2.24) is 5.32 Å². The topological polar surface area (TPSA) is 75.3 Å². The van der Waals surface area contributed by atoms with Gasteiger partial charge in [0, 0.05) is 12.1 Å². The number of rotatable bonds is 5. The Morgan fingerprint density at radius 2 is 2.31 bits per heavy atom. The van der Waals surface area contributed by atoms with E-state index >= 15 is 0 Å². The molecule has 0 radical (unpaired) electrons. The molecule has 0 aromatic heterocycles. The molecule has 16 heavy (non-hydrogen) atoms. The molecule has 0 saturated carbocycles. The maximum Gasteiger partial charge on any atom is 0.251 e. The number of amides is 1. The third-order valence-corrected chi connectivity index (χ3v) is 2.18. The summed E-state index contributed by atoms with van der Waals surface area (Å²) in [6, 6.07) is 7.35. The van der Waals surface area contributed by atoms with Gasteiger partial charge in [0.1, 0.15) is 0 Å². The number of hydrogen-bond acceptors (Lipinski definition) is 3. The molecular weight excluding hydrogens is 204 g/mol. The van der Waals surface area contributed by atoms with Gasteiger partial charge < -0.3 is 16.2 Å². The van der Waals surface area contributed by atoms with E-state index in [1.54, 1.807) is 13.0 Å². The second-order valence-electron chi connectivity index (χ2n) is 3.80. The molecule has 1 amide bonds. The van der Waals surface area contributed by atoms with E-state index in [4.69, 9.17) is 10.8 Å². The average Bonchev–Trinajstić information content (AvgIpc) is 2.26. The zero-order valence-corrected chi connectivity index (χ0v) is 9.44. The molecule has 1 rings (SSSR count). The highest BCUT2D eigenvalue weighted by Crippen LogP contribution is 2.05. The van der Waals surface area contributed by atoms with Gasteiger partial charge in [-0.25, -0.2) is 0 Å². The van der Waals surface area contributed by atoms with Crippen molar-refractivity contribution in [3.05, 3.63) is 35.4 Å². The number of carbonyl (C=O) groups is 1. The van der Waals surface area contributed by atoms with Crippen LogP contribution >= 0.6 is 0 Å². The molecule has 4 N–H and O–H groups in total. The molecule has 4 nitrogen and oxygen atoms in total. The Balaban J connectivity index is 2.64. The molecule has 0 bridgehead atoms. The fraction of sp³-hybridized carbons (Fsp3) is 0.417. The number of aliphatic hydroxyl groups is 1. The van der Waals surface area contributed by atoms with Crippen LogP contribution in [0.4, 0.5) is 0 Å². The summed E-state index contributed by atoms with van der Waals surface area (Å²) in [5.41, 5.74) is 7.10. The van der Waals surface area contributed by atoms with Crippen LogP contribution < -0.4 is 11.1 Å². The quantitative estimate of drug-likeness (QED) is 0.670. The fourth-order valence-electron chi connectivity index (χ4n) is 1.38. The number of benzene rings is 1. The Kier molecular flexibility index (Phi) is 4.95. The van der Waals surface area contributed by atoms with Gasteiger partial charge in [-0.15, -0.1) is 0 Å². The molecule has 0 fully saturated rings. The molecule has 1 aromatic rings. The maximum atomic E-state index is 11.7. The van der Waals surface area contributed by atoms with Crippen molar-refractivity contribution in [1.29, 1.82) is 0 Å². The van der Waals surface area contributed by atoms with E-state index in [0.717, 1.165) is 12.0 Å². The second-order valence-corrected chi connectivity index (χ2v) is 3.80. The van der Waals surface area contributed by atoms with Crippen LogP contribution in [0.3, 0.4) is 0 Å². The van der Waals surface area contributed by atoms with Crippen molar-refractivity contribution in [3.8, 4) is 0 Å². The maximum absolute atomic E-state index is 11.7. The monoisotopic (exact) mass is 222 g/mol. The molecule has 0 spiro atoms. The molecule has 0 saturated heterocycles.